The summed E-state index contributed by atoms with van der Waals surface area (Å²) in [6, 6.07) is 49.1. The van der Waals surface area contributed by atoms with Crippen LogP contribution in [0.3, 0.4) is 0 Å². The molecular formula is C46H51NO8. The number of ether oxygens (including phenoxy) is 7. The van der Waals surface area contributed by atoms with Gasteiger partial charge >= 0.3 is 0 Å². The first-order valence-corrected chi connectivity index (χ1v) is 18.8. The third-order valence-electron chi connectivity index (χ3n) is 9.17. The molecule has 1 aliphatic rings. The van der Waals surface area contributed by atoms with Crippen molar-refractivity contribution in [3.63, 3.8) is 0 Å². The number of nitrogens with one attached hydrogen (secondary N) is 1. The molecule has 1 amide bonds. The Balaban J connectivity index is 1.24. The highest BCUT2D eigenvalue weighted by Crippen LogP contribution is 2.30. The van der Waals surface area contributed by atoms with E-state index in [1.54, 1.807) is 0 Å². The monoisotopic (exact) mass is 745 g/mol. The topological polar surface area (TPSA) is 93.7 Å². The fourth-order valence-corrected chi connectivity index (χ4v) is 6.39. The molecule has 0 aromatic heterocycles. The summed E-state index contributed by atoms with van der Waals surface area (Å²) in [6.45, 7) is 3.85. The van der Waals surface area contributed by atoms with Gasteiger partial charge in [0.25, 0.3) is 0 Å². The van der Waals surface area contributed by atoms with E-state index in [9.17, 15) is 4.79 Å². The normalized spacial score (nSPS) is 20.1. The standard InChI is InChI=1S/C46H51NO8/c1-35(48)47-43-45(53-31-40-25-15-6-16-26-40)44(52-30-39-23-13-5-14-24-39)42(34-50-28-37-19-9-3-10-20-37)55-46(43)54-33-41(51-29-38-21-11-4-12-22-38)32-49-27-36-17-7-2-8-18-36/h2-26,41-46H,27-34H2,1H3,(H,47,48)/t41-,42-,43-,44-,45-,46-/m1/s1. The van der Waals surface area contributed by atoms with Crippen molar-refractivity contribution in [3.05, 3.63) is 179 Å². The van der Waals surface area contributed by atoms with E-state index < -0.39 is 36.7 Å². The van der Waals surface area contributed by atoms with Gasteiger partial charge < -0.3 is 38.5 Å². The lowest BCUT2D eigenvalue weighted by Crippen LogP contribution is -2.66. The van der Waals surface area contributed by atoms with E-state index in [0.29, 0.717) is 26.4 Å². The van der Waals surface area contributed by atoms with E-state index in [4.69, 9.17) is 33.2 Å². The number of hydrogen-bond acceptors (Lipinski definition) is 8. The Hall–Kier alpha value is -4.71. The molecule has 5 aromatic carbocycles. The third kappa shape index (κ3) is 13.2. The molecule has 0 radical (unpaired) electrons. The summed E-state index contributed by atoms with van der Waals surface area (Å²) in [6.07, 6.45) is -3.29. The van der Waals surface area contributed by atoms with Crippen LogP contribution < -0.4 is 5.32 Å². The van der Waals surface area contributed by atoms with Gasteiger partial charge in [0.2, 0.25) is 5.91 Å². The second-order valence-corrected chi connectivity index (χ2v) is 13.5. The number of carbonyl (C=O) groups is 1. The first kappa shape index (κ1) is 40.0. The van der Waals surface area contributed by atoms with Crippen LogP contribution in [0.25, 0.3) is 0 Å². The Kier molecular flexibility index (Phi) is 16.0. The SMILES string of the molecule is CC(=O)N[C@H]1[C@H](OC[C@@H](COCc2ccccc2)OCc2ccccc2)O[C@H](COCc2ccccc2)[C@@H](OCc2ccccc2)[C@@H]1OCc1ccccc1. The highest BCUT2D eigenvalue weighted by molar-refractivity contribution is 5.73. The fourth-order valence-electron chi connectivity index (χ4n) is 6.39. The minimum absolute atomic E-state index is 0.126. The van der Waals surface area contributed by atoms with E-state index in [1.807, 2.05) is 152 Å². The minimum Gasteiger partial charge on any atom is -0.374 e. The van der Waals surface area contributed by atoms with Crippen LogP contribution in [0.5, 0.6) is 0 Å². The summed E-state index contributed by atoms with van der Waals surface area (Å²) in [4.78, 5) is 12.9. The van der Waals surface area contributed by atoms with Crippen molar-refractivity contribution >= 4 is 5.91 Å². The fraction of sp³-hybridized carbons (Fsp3) is 0.326. The molecule has 0 bridgehead atoms. The molecule has 1 fully saturated rings. The number of carbonyl (C=O) groups excluding carboxylic acids is 1. The number of amides is 1. The molecule has 1 saturated heterocycles. The van der Waals surface area contributed by atoms with E-state index in [0.717, 1.165) is 27.8 Å². The summed E-state index contributed by atoms with van der Waals surface area (Å²) in [5.74, 6) is -0.251. The molecule has 1 heterocycles. The Morgan fingerprint density at radius 1 is 0.545 bits per heavy atom. The van der Waals surface area contributed by atoms with Crippen LogP contribution in [0.1, 0.15) is 34.7 Å². The predicted molar refractivity (Wildman–Crippen MR) is 209 cm³/mol. The zero-order chi connectivity index (χ0) is 37.9. The first-order chi connectivity index (χ1) is 27.1. The molecule has 6 atom stereocenters. The predicted octanol–water partition coefficient (Wildman–Crippen LogP) is 7.42. The quantitative estimate of drug-likeness (QED) is 0.0830. The maximum absolute atomic E-state index is 12.9. The average Bonchev–Trinajstić information content (AvgIpc) is 3.23. The molecule has 0 saturated carbocycles. The molecule has 1 N–H and O–H groups in total. The van der Waals surface area contributed by atoms with Gasteiger partial charge in [0.1, 0.15) is 30.5 Å². The summed E-state index contributed by atoms with van der Waals surface area (Å²) in [7, 11) is 0. The molecule has 0 aliphatic carbocycles. The average molecular weight is 746 g/mol. The zero-order valence-corrected chi connectivity index (χ0v) is 31.3. The van der Waals surface area contributed by atoms with Gasteiger partial charge in [-0.1, -0.05) is 152 Å². The van der Waals surface area contributed by atoms with Crippen molar-refractivity contribution in [2.45, 2.75) is 76.7 Å². The molecule has 9 nitrogen and oxygen atoms in total. The molecular weight excluding hydrogens is 695 g/mol. The molecule has 5 aromatic rings. The first-order valence-electron chi connectivity index (χ1n) is 18.8. The third-order valence-corrected chi connectivity index (χ3v) is 9.17. The van der Waals surface area contributed by atoms with Crippen LogP contribution >= 0.6 is 0 Å². The lowest BCUT2D eigenvalue weighted by atomic mass is 9.95. The number of rotatable bonds is 21. The lowest BCUT2D eigenvalue weighted by Gasteiger charge is -2.46. The summed E-state index contributed by atoms with van der Waals surface area (Å²) in [5.41, 5.74) is 5.11. The summed E-state index contributed by atoms with van der Waals surface area (Å²) >= 11 is 0. The van der Waals surface area contributed by atoms with E-state index in [2.05, 4.69) is 5.32 Å². The lowest BCUT2D eigenvalue weighted by molar-refractivity contribution is -0.295. The second-order valence-electron chi connectivity index (χ2n) is 13.5. The van der Waals surface area contributed by atoms with Gasteiger partial charge in [0, 0.05) is 6.92 Å². The van der Waals surface area contributed by atoms with Gasteiger partial charge in [0.05, 0.1) is 52.9 Å². The van der Waals surface area contributed by atoms with Crippen LogP contribution in [-0.2, 0) is 71.0 Å². The van der Waals surface area contributed by atoms with E-state index >= 15 is 0 Å². The maximum atomic E-state index is 12.9. The summed E-state index contributed by atoms with van der Waals surface area (Å²) < 4.78 is 45.5. The van der Waals surface area contributed by atoms with Gasteiger partial charge in [0.15, 0.2) is 6.29 Å². The van der Waals surface area contributed by atoms with Gasteiger partial charge in [-0.3, -0.25) is 4.79 Å². The Morgan fingerprint density at radius 2 is 0.982 bits per heavy atom. The van der Waals surface area contributed by atoms with Crippen LogP contribution in [0.2, 0.25) is 0 Å². The highest BCUT2D eigenvalue weighted by Gasteiger charge is 2.49. The number of hydrogen-bond donors (Lipinski definition) is 1. The van der Waals surface area contributed by atoms with Crippen molar-refractivity contribution in [1.29, 1.82) is 0 Å². The molecule has 288 valence electrons. The van der Waals surface area contributed by atoms with Gasteiger partial charge in [-0.25, -0.2) is 0 Å². The molecule has 55 heavy (non-hydrogen) atoms. The Morgan fingerprint density at radius 3 is 1.47 bits per heavy atom. The van der Waals surface area contributed by atoms with E-state index in [-0.39, 0.29) is 32.3 Å². The maximum Gasteiger partial charge on any atom is 0.217 e. The Bertz CT molecular complexity index is 1780. The smallest absolute Gasteiger partial charge is 0.217 e. The van der Waals surface area contributed by atoms with Crippen molar-refractivity contribution < 1.29 is 38.0 Å². The van der Waals surface area contributed by atoms with Gasteiger partial charge in [-0.15, -0.1) is 0 Å². The summed E-state index contributed by atoms with van der Waals surface area (Å²) in [5, 5.41) is 3.09. The van der Waals surface area contributed by atoms with Crippen molar-refractivity contribution in [3.8, 4) is 0 Å². The Labute approximate surface area is 324 Å². The van der Waals surface area contributed by atoms with Crippen LogP contribution in [0, 0.1) is 0 Å². The van der Waals surface area contributed by atoms with Crippen molar-refractivity contribution in [2.75, 3.05) is 19.8 Å². The highest BCUT2D eigenvalue weighted by atomic mass is 16.7. The molecule has 9 heteroatoms. The van der Waals surface area contributed by atoms with Crippen molar-refractivity contribution in [2.24, 2.45) is 0 Å². The number of benzene rings is 5. The largest absolute Gasteiger partial charge is 0.374 e. The molecule has 0 unspecified atom stereocenters. The van der Waals surface area contributed by atoms with Crippen LogP contribution in [0.15, 0.2) is 152 Å². The zero-order valence-electron chi connectivity index (χ0n) is 31.3. The van der Waals surface area contributed by atoms with E-state index in [1.165, 1.54) is 6.92 Å². The minimum atomic E-state index is -0.927. The molecule has 0 spiro atoms. The second kappa shape index (κ2) is 22.0. The van der Waals surface area contributed by atoms with Gasteiger partial charge in [-0.05, 0) is 27.8 Å². The van der Waals surface area contributed by atoms with Crippen LogP contribution in [0.4, 0.5) is 0 Å². The van der Waals surface area contributed by atoms with Gasteiger partial charge in [-0.2, -0.15) is 0 Å². The van der Waals surface area contributed by atoms with Crippen molar-refractivity contribution in [1.82, 2.24) is 5.32 Å². The molecule has 6 rings (SSSR count). The molecule has 1 aliphatic heterocycles. The van der Waals surface area contributed by atoms with Crippen LogP contribution in [-0.4, -0.2) is 62.5 Å².